The van der Waals surface area contributed by atoms with Crippen LogP contribution in [0.4, 0.5) is 8.78 Å². The minimum absolute atomic E-state index is 0.171. The molecule has 2 atom stereocenters. The molecule has 22 heavy (non-hydrogen) atoms. The van der Waals surface area contributed by atoms with Crippen LogP contribution in [0.3, 0.4) is 0 Å². The number of nitrogens with zero attached hydrogens (tertiary/aromatic N) is 3. The van der Waals surface area contributed by atoms with E-state index in [2.05, 4.69) is 20.7 Å². The number of alkyl halides is 2. The maximum absolute atomic E-state index is 12.7. The molecule has 0 aromatic carbocycles. The Bertz CT molecular complexity index is 536. The first-order valence-electron chi connectivity index (χ1n) is 7.67. The van der Waals surface area contributed by atoms with E-state index in [4.69, 9.17) is 9.47 Å². The van der Waals surface area contributed by atoms with E-state index in [1.807, 2.05) is 0 Å². The Morgan fingerprint density at radius 1 is 1.23 bits per heavy atom. The van der Waals surface area contributed by atoms with Gasteiger partial charge >= 0.3 is 0 Å². The van der Waals surface area contributed by atoms with Gasteiger partial charge in [-0.2, -0.15) is 4.37 Å². The lowest BCUT2D eigenvalue weighted by atomic mass is 9.91. The number of fused-ring (bicyclic) bond motifs is 1. The molecule has 2 saturated carbocycles. The van der Waals surface area contributed by atoms with Crippen LogP contribution < -0.4 is 4.74 Å². The summed E-state index contributed by atoms with van der Waals surface area (Å²) in [6, 6.07) is 0. The molecule has 1 saturated heterocycles. The molecule has 0 amide bonds. The van der Waals surface area contributed by atoms with Crippen molar-refractivity contribution >= 4 is 11.7 Å². The highest BCUT2D eigenvalue weighted by Crippen LogP contribution is 2.59. The number of rotatable bonds is 6. The van der Waals surface area contributed by atoms with Gasteiger partial charge in [0, 0.05) is 31.8 Å². The quantitative estimate of drug-likeness (QED) is 0.746. The summed E-state index contributed by atoms with van der Waals surface area (Å²) in [7, 11) is 2.14. The summed E-state index contributed by atoms with van der Waals surface area (Å²) >= 11 is 1.18. The van der Waals surface area contributed by atoms with Gasteiger partial charge in [-0.1, -0.05) is 0 Å². The number of hydrogen-bond acceptors (Lipinski definition) is 6. The topological polar surface area (TPSA) is 47.5 Å². The van der Waals surface area contributed by atoms with Crippen LogP contribution in [0.25, 0.3) is 0 Å². The fraction of sp³-hybridized carbons (Fsp3) is 0.857. The highest BCUT2D eigenvalue weighted by Gasteiger charge is 2.57. The molecular weight excluding hydrogens is 312 g/mol. The zero-order valence-electron chi connectivity index (χ0n) is 12.4. The van der Waals surface area contributed by atoms with Crippen molar-refractivity contribution in [3.05, 3.63) is 5.69 Å². The average molecular weight is 331 g/mol. The Kier molecular flexibility index (Phi) is 3.58. The molecule has 0 N–H and O–H groups in total. The molecule has 2 aliphatic carbocycles. The number of piperidine rings is 1. The maximum Gasteiger partial charge on any atom is 0.253 e. The number of halogens is 2. The molecule has 8 heteroatoms. The molecule has 1 aromatic rings. The molecule has 3 fully saturated rings. The van der Waals surface area contributed by atoms with Crippen LogP contribution in [0.1, 0.15) is 24.5 Å². The second-order valence-electron chi connectivity index (χ2n) is 6.63. The summed E-state index contributed by atoms with van der Waals surface area (Å²) in [5, 5.41) is 0. The molecule has 3 aliphatic rings. The number of likely N-dealkylation sites (tertiary alicyclic amines) is 1. The van der Waals surface area contributed by atoms with Gasteiger partial charge in [-0.05, 0) is 18.9 Å². The zero-order valence-corrected chi connectivity index (χ0v) is 13.2. The molecule has 1 aliphatic heterocycles. The summed E-state index contributed by atoms with van der Waals surface area (Å²) in [4.78, 5) is 2.34. The van der Waals surface area contributed by atoms with Gasteiger partial charge in [0.1, 0.15) is 12.3 Å². The SMILES string of the molecule is CN1CC2C(C1)C2c1nsnc1OCCOC1CC(F)(F)C1. The fourth-order valence-corrected chi connectivity index (χ4v) is 4.26. The van der Waals surface area contributed by atoms with Gasteiger partial charge in [-0.3, -0.25) is 0 Å². The van der Waals surface area contributed by atoms with Crippen LogP contribution in [0, 0.1) is 11.8 Å². The first-order chi connectivity index (χ1) is 10.5. The van der Waals surface area contributed by atoms with Crippen LogP contribution in [0.15, 0.2) is 0 Å². The summed E-state index contributed by atoms with van der Waals surface area (Å²) in [6.07, 6.45) is -0.671. The summed E-state index contributed by atoms with van der Waals surface area (Å²) in [5.74, 6) is -0.0748. The van der Waals surface area contributed by atoms with E-state index in [9.17, 15) is 8.78 Å². The third-order valence-electron chi connectivity index (χ3n) is 4.90. The standard InChI is InChI=1S/C14H19F2N3O2S/c1-19-6-9-10(7-19)11(9)12-13(18-22-17-12)21-3-2-20-8-4-14(15,16)5-8/h8-11H,2-7H2,1H3. The van der Waals surface area contributed by atoms with E-state index < -0.39 is 5.92 Å². The maximum atomic E-state index is 12.7. The van der Waals surface area contributed by atoms with Gasteiger partial charge in [0.2, 0.25) is 5.88 Å². The zero-order chi connectivity index (χ0) is 15.3. The molecule has 5 nitrogen and oxygen atoms in total. The lowest BCUT2D eigenvalue weighted by Crippen LogP contribution is -2.41. The van der Waals surface area contributed by atoms with E-state index in [1.165, 1.54) is 11.7 Å². The molecule has 122 valence electrons. The highest BCUT2D eigenvalue weighted by atomic mass is 32.1. The molecule has 0 radical (unpaired) electrons. The van der Waals surface area contributed by atoms with Crippen molar-refractivity contribution in [1.82, 2.24) is 13.6 Å². The number of hydrogen-bond donors (Lipinski definition) is 0. The highest BCUT2D eigenvalue weighted by molar-refractivity contribution is 6.99. The van der Waals surface area contributed by atoms with E-state index in [-0.39, 0.29) is 18.9 Å². The normalized spacial score (nSPS) is 33.5. The Morgan fingerprint density at radius 3 is 2.64 bits per heavy atom. The van der Waals surface area contributed by atoms with Gasteiger partial charge in [0.05, 0.1) is 24.4 Å². The Morgan fingerprint density at radius 2 is 1.95 bits per heavy atom. The molecule has 0 spiro atoms. The van der Waals surface area contributed by atoms with Crippen LogP contribution in [0.2, 0.25) is 0 Å². The smallest absolute Gasteiger partial charge is 0.253 e. The summed E-state index contributed by atoms with van der Waals surface area (Å²) in [6.45, 7) is 2.89. The summed E-state index contributed by atoms with van der Waals surface area (Å²) < 4.78 is 45.0. The first kappa shape index (κ1) is 14.7. The Balaban J connectivity index is 1.22. The molecular formula is C14H19F2N3O2S. The summed E-state index contributed by atoms with van der Waals surface area (Å²) in [5.41, 5.74) is 0.975. The van der Waals surface area contributed by atoms with Crippen LogP contribution in [-0.4, -0.2) is 59.0 Å². The van der Waals surface area contributed by atoms with Gasteiger partial charge in [0.15, 0.2) is 0 Å². The molecule has 4 rings (SSSR count). The van der Waals surface area contributed by atoms with Crippen molar-refractivity contribution in [2.24, 2.45) is 11.8 Å². The second kappa shape index (κ2) is 5.35. The van der Waals surface area contributed by atoms with Crippen molar-refractivity contribution in [2.45, 2.75) is 30.8 Å². The first-order valence-corrected chi connectivity index (χ1v) is 8.40. The van der Waals surface area contributed by atoms with Crippen LogP contribution >= 0.6 is 11.7 Å². The van der Waals surface area contributed by atoms with Gasteiger partial charge in [-0.15, -0.1) is 4.37 Å². The molecule has 2 heterocycles. The number of ether oxygens (including phenoxy) is 2. The van der Waals surface area contributed by atoms with E-state index in [1.54, 1.807) is 0 Å². The largest absolute Gasteiger partial charge is 0.473 e. The molecule has 0 bridgehead atoms. The lowest BCUT2D eigenvalue weighted by Gasteiger charge is -2.34. The fourth-order valence-electron chi connectivity index (χ4n) is 3.71. The third-order valence-corrected chi connectivity index (χ3v) is 5.43. The average Bonchev–Trinajstić information content (AvgIpc) is 2.79. The van der Waals surface area contributed by atoms with Crippen molar-refractivity contribution < 1.29 is 18.3 Å². The van der Waals surface area contributed by atoms with Gasteiger partial charge in [-0.25, -0.2) is 8.78 Å². The predicted octanol–water partition coefficient (Wildman–Crippen LogP) is 2.01. The Labute approximate surface area is 131 Å². The van der Waals surface area contributed by atoms with Gasteiger partial charge in [0.25, 0.3) is 5.92 Å². The monoisotopic (exact) mass is 331 g/mol. The lowest BCUT2D eigenvalue weighted by molar-refractivity contribution is -0.167. The van der Waals surface area contributed by atoms with E-state index >= 15 is 0 Å². The Hall–Kier alpha value is -0.860. The van der Waals surface area contributed by atoms with Crippen LogP contribution in [0.5, 0.6) is 5.88 Å². The van der Waals surface area contributed by atoms with E-state index in [0.717, 1.165) is 18.8 Å². The van der Waals surface area contributed by atoms with Crippen molar-refractivity contribution in [2.75, 3.05) is 33.4 Å². The molecule has 1 aromatic heterocycles. The molecule has 2 unspecified atom stereocenters. The van der Waals surface area contributed by atoms with Crippen LogP contribution in [-0.2, 0) is 4.74 Å². The second-order valence-corrected chi connectivity index (χ2v) is 7.16. The number of aromatic nitrogens is 2. The minimum Gasteiger partial charge on any atom is -0.473 e. The van der Waals surface area contributed by atoms with Gasteiger partial charge < -0.3 is 14.4 Å². The third kappa shape index (κ3) is 2.72. The van der Waals surface area contributed by atoms with Crippen molar-refractivity contribution in [1.29, 1.82) is 0 Å². The predicted molar refractivity (Wildman–Crippen MR) is 76.5 cm³/mol. The van der Waals surface area contributed by atoms with Crippen molar-refractivity contribution in [3.63, 3.8) is 0 Å². The minimum atomic E-state index is -2.53. The van der Waals surface area contributed by atoms with E-state index in [0.29, 0.717) is 36.8 Å². The van der Waals surface area contributed by atoms with Crippen molar-refractivity contribution in [3.8, 4) is 5.88 Å².